The van der Waals surface area contributed by atoms with Crippen molar-refractivity contribution in [1.82, 2.24) is 14.7 Å². The van der Waals surface area contributed by atoms with Crippen LogP contribution >= 0.6 is 0 Å². The third kappa shape index (κ3) is 2.64. The van der Waals surface area contributed by atoms with Gasteiger partial charge in [0.15, 0.2) is 5.82 Å². The fourth-order valence-electron chi connectivity index (χ4n) is 2.76. The van der Waals surface area contributed by atoms with Crippen LogP contribution in [0.5, 0.6) is 0 Å². The predicted octanol–water partition coefficient (Wildman–Crippen LogP) is 1.67. The number of nitrogens with zero attached hydrogens (tertiary/aromatic N) is 3. The third-order valence-corrected chi connectivity index (χ3v) is 3.79. The molecule has 1 saturated heterocycles. The molecule has 0 radical (unpaired) electrons. The van der Waals surface area contributed by atoms with Gasteiger partial charge in [0.1, 0.15) is 5.65 Å². The van der Waals surface area contributed by atoms with Gasteiger partial charge in [0.25, 0.3) is 0 Å². The van der Waals surface area contributed by atoms with E-state index in [1.54, 1.807) is 7.11 Å². The summed E-state index contributed by atoms with van der Waals surface area (Å²) in [5, 5.41) is 3.43. The Kier molecular flexibility index (Phi) is 4.18. The average Bonchev–Trinajstić information content (AvgIpc) is 3.11. The maximum atomic E-state index is 5.08. The standard InChI is InChI=1S/C15H22N4O/c1-20-11-7-16-12-13-15(18-8-4-5-9-18)17-14-6-2-3-10-19(13)14/h2-3,6,10,16H,4-5,7-9,11-12H2,1H3. The Morgan fingerprint density at radius 1 is 1.30 bits per heavy atom. The van der Waals surface area contributed by atoms with Crippen LogP contribution in [0.4, 0.5) is 5.82 Å². The molecular formula is C15H22N4O. The monoisotopic (exact) mass is 274 g/mol. The molecule has 5 heteroatoms. The average molecular weight is 274 g/mol. The molecular weight excluding hydrogens is 252 g/mol. The minimum atomic E-state index is 0.732. The molecule has 0 aromatic carbocycles. The van der Waals surface area contributed by atoms with Gasteiger partial charge in [0, 0.05) is 39.5 Å². The smallest absolute Gasteiger partial charge is 0.152 e. The van der Waals surface area contributed by atoms with Crippen LogP contribution in [-0.2, 0) is 11.3 Å². The second-order valence-electron chi connectivity index (χ2n) is 5.17. The number of ether oxygens (including phenoxy) is 1. The molecule has 108 valence electrons. The van der Waals surface area contributed by atoms with E-state index < -0.39 is 0 Å². The van der Waals surface area contributed by atoms with Crippen molar-refractivity contribution in [3.05, 3.63) is 30.1 Å². The van der Waals surface area contributed by atoms with E-state index in [1.165, 1.54) is 18.5 Å². The van der Waals surface area contributed by atoms with Crippen molar-refractivity contribution in [2.24, 2.45) is 0 Å². The first-order valence-electron chi connectivity index (χ1n) is 7.30. The van der Waals surface area contributed by atoms with E-state index in [9.17, 15) is 0 Å². The number of hydrogen-bond acceptors (Lipinski definition) is 4. The molecule has 2 aromatic heterocycles. The summed E-state index contributed by atoms with van der Waals surface area (Å²) >= 11 is 0. The first kappa shape index (κ1) is 13.4. The number of pyridine rings is 1. The van der Waals surface area contributed by atoms with E-state index in [2.05, 4.69) is 32.9 Å². The molecule has 1 N–H and O–H groups in total. The maximum absolute atomic E-state index is 5.08. The van der Waals surface area contributed by atoms with Crippen LogP contribution in [0.25, 0.3) is 5.65 Å². The molecule has 0 amide bonds. The van der Waals surface area contributed by atoms with E-state index in [0.717, 1.165) is 44.3 Å². The minimum absolute atomic E-state index is 0.732. The van der Waals surface area contributed by atoms with Crippen molar-refractivity contribution in [3.8, 4) is 0 Å². The highest BCUT2D eigenvalue weighted by molar-refractivity contribution is 5.56. The molecule has 1 aliphatic rings. The van der Waals surface area contributed by atoms with Gasteiger partial charge in [-0.05, 0) is 25.0 Å². The Labute approximate surface area is 119 Å². The van der Waals surface area contributed by atoms with Crippen LogP contribution in [0.2, 0.25) is 0 Å². The lowest BCUT2D eigenvalue weighted by Gasteiger charge is -2.16. The van der Waals surface area contributed by atoms with Crippen LogP contribution in [0.15, 0.2) is 24.4 Å². The molecule has 0 atom stereocenters. The van der Waals surface area contributed by atoms with Crippen molar-refractivity contribution in [2.75, 3.05) is 38.3 Å². The van der Waals surface area contributed by atoms with Gasteiger partial charge in [-0.3, -0.25) is 0 Å². The highest BCUT2D eigenvalue weighted by Crippen LogP contribution is 2.25. The lowest BCUT2D eigenvalue weighted by atomic mass is 10.3. The summed E-state index contributed by atoms with van der Waals surface area (Å²) in [4.78, 5) is 7.21. The zero-order valence-corrected chi connectivity index (χ0v) is 12.0. The summed E-state index contributed by atoms with van der Waals surface area (Å²) in [6.45, 7) is 4.65. The first-order chi connectivity index (χ1) is 9.90. The highest BCUT2D eigenvalue weighted by atomic mass is 16.5. The summed E-state index contributed by atoms with van der Waals surface area (Å²) in [6, 6.07) is 6.16. The zero-order chi connectivity index (χ0) is 13.8. The molecule has 5 nitrogen and oxygen atoms in total. The van der Waals surface area contributed by atoms with Crippen LogP contribution in [0.1, 0.15) is 18.5 Å². The molecule has 3 heterocycles. The maximum Gasteiger partial charge on any atom is 0.152 e. The summed E-state index contributed by atoms with van der Waals surface area (Å²) in [6.07, 6.45) is 4.63. The third-order valence-electron chi connectivity index (χ3n) is 3.79. The summed E-state index contributed by atoms with van der Waals surface area (Å²) in [5.41, 5.74) is 2.27. The van der Waals surface area contributed by atoms with Crippen LogP contribution in [-0.4, -0.2) is 42.7 Å². The molecule has 0 spiro atoms. The van der Waals surface area contributed by atoms with Gasteiger partial charge in [-0.1, -0.05) is 6.07 Å². The summed E-state index contributed by atoms with van der Waals surface area (Å²) in [7, 11) is 1.73. The second kappa shape index (κ2) is 6.24. The Morgan fingerprint density at radius 2 is 2.15 bits per heavy atom. The van der Waals surface area contributed by atoms with Crippen molar-refractivity contribution in [3.63, 3.8) is 0 Å². The second-order valence-corrected chi connectivity index (χ2v) is 5.17. The van der Waals surface area contributed by atoms with Gasteiger partial charge in [-0.15, -0.1) is 0 Å². The van der Waals surface area contributed by atoms with Gasteiger partial charge >= 0.3 is 0 Å². The van der Waals surface area contributed by atoms with Crippen LogP contribution < -0.4 is 10.2 Å². The molecule has 3 rings (SSSR count). The Morgan fingerprint density at radius 3 is 2.95 bits per heavy atom. The van der Waals surface area contributed by atoms with E-state index in [0.29, 0.717) is 0 Å². The van der Waals surface area contributed by atoms with Crippen molar-refractivity contribution >= 4 is 11.5 Å². The topological polar surface area (TPSA) is 41.8 Å². The number of nitrogens with one attached hydrogen (secondary N) is 1. The summed E-state index contributed by atoms with van der Waals surface area (Å²) in [5.74, 6) is 1.14. The number of imidazole rings is 1. The van der Waals surface area contributed by atoms with E-state index in [-0.39, 0.29) is 0 Å². The van der Waals surface area contributed by atoms with Gasteiger partial charge in [-0.2, -0.15) is 0 Å². The largest absolute Gasteiger partial charge is 0.383 e. The molecule has 0 aliphatic carbocycles. The zero-order valence-electron chi connectivity index (χ0n) is 12.0. The molecule has 0 saturated carbocycles. The van der Waals surface area contributed by atoms with Gasteiger partial charge in [0.05, 0.1) is 12.3 Å². The highest BCUT2D eigenvalue weighted by Gasteiger charge is 2.20. The SMILES string of the molecule is COCCNCc1c(N2CCCC2)nc2ccccn12. The Balaban J connectivity index is 1.87. The van der Waals surface area contributed by atoms with E-state index in [4.69, 9.17) is 9.72 Å². The van der Waals surface area contributed by atoms with Crippen molar-refractivity contribution < 1.29 is 4.74 Å². The molecule has 20 heavy (non-hydrogen) atoms. The molecule has 0 bridgehead atoms. The molecule has 2 aromatic rings. The van der Waals surface area contributed by atoms with Crippen molar-refractivity contribution in [1.29, 1.82) is 0 Å². The summed E-state index contributed by atoms with van der Waals surface area (Å²) < 4.78 is 7.27. The van der Waals surface area contributed by atoms with Gasteiger partial charge in [0.2, 0.25) is 0 Å². The number of aromatic nitrogens is 2. The number of methoxy groups -OCH3 is 1. The van der Waals surface area contributed by atoms with Crippen LogP contribution in [0, 0.1) is 0 Å². The van der Waals surface area contributed by atoms with E-state index in [1.807, 2.05) is 6.07 Å². The fraction of sp³-hybridized carbons (Fsp3) is 0.533. The minimum Gasteiger partial charge on any atom is -0.383 e. The first-order valence-corrected chi connectivity index (χ1v) is 7.30. The number of hydrogen-bond donors (Lipinski definition) is 1. The van der Waals surface area contributed by atoms with Crippen molar-refractivity contribution in [2.45, 2.75) is 19.4 Å². The normalized spacial score (nSPS) is 15.3. The lowest BCUT2D eigenvalue weighted by molar-refractivity contribution is 0.199. The quantitative estimate of drug-likeness (QED) is 0.814. The number of rotatable bonds is 6. The lowest BCUT2D eigenvalue weighted by Crippen LogP contribution is -2.24. The predicted molar refractivity (Wildman–Crippen MR) is 80.2 cm³/mol. The van der Waals surface area contributed by atoms with Gasteiger partial charge < -0.3 is 19.4 Å². The number of anilines is 1. The van der Waals surface area contributed by atoms with E-state index >= 15 is 0 Å². The Bertz CT molecular complexity index is 560. The van der Waals surface area contributed by atoms with Gasteiger partial charge in [-0.25, -0.2) is 4.98 Å². The van der Waals surface area contributed by atoms with Crippen LogP contribution in [0.3, 0.4) is 0 Å². The molecule has 1 fully saturated rings. The molecule has 1 aliphatic heterocycles. The molecule has 0 unspecified atom stereocenters. The fourth-order valence-corrected chi connectivity index (χ4v) is 2.76. The number of fused-ring (bicyclic) bond motifs is 1. The Hall–Kier alpha value is -1.59.